The Bertz CT molecular complexity index is 380. The zero-order valence-corrected chi connectivity index (χ0v) is 12.4. The zero-order valence-electron chi connectivity index (χ0n) is 10.0. The van der Waals surface area contributed by atoms with Crippen LogP contribution in [0.2, 0.25) is 5.02 Å². The fraction of sp³-hybridized carbons (Fsp3) is 0.538. The van der Waals surface area contributed by atoms with E-state index in [1.54, 1.807) is 0 Å². The maximum absolute atomic E-state index is 6.04. The average molecular weight is 318 g/mol. The van der Waals surface area contributed by atoms with Crippen molar-refractivity contribution >= 4 is 27.5 Å². The monoisotopic (exact) mass is 316 g/mol. The molecular weight excluding hydrogens is 300 g/mol. The largest absolute Gasteiger partial charge is 0.311 e. The van der Waals surface area contributed by atoms with Gasteiger partial charge < -0.3 is 10.2 Å². The van der Waals surface area contributed by atoms with Crippen LogP contribution in [0.3, 0.4) is 0 Å². The van der Waals surface area contributed by atoms with E-state index in [4.69, 9.17) is 11.6 Å². The molecule has 0 spiro atoms. The number of likely N-dealkylation sites (N-methyl/N-ethyl adjacent to an activating group) is 1. The van der Waals surface area contributed by atoms with E-state index in [-0.39, 0.29) is 0 Å². The molecule has 0 saturated heterocycles. The van der Waals surface area contributed by atoms with Crippen molar-refractivity contribution in [3.63, 3.8) is 0 Å². The molecule has 1 saturated carbocycles. The molecule has 0 aliphatic heterocycles. The van der Waals surface area contributed by atoms with Gasteiger partial charge in [-0.3, -0.25) is 0 Å². The second kappa shape index (κ2) is 6.19. The number of halogens is 2. The van der Waals surface area contributed by atoms with E-state index in [9.17, 15) is 0 Å². The third-order valence-corrected chi connectivity index (χ3v) is 4.36. The fourth-order valence-electron chi connectivity index (χ4n) is 1.84. The van der Waals surface area contributed by atoms with Crippen LogP contribution in [0.1, 0.15) is 18.4 Å². The predicted octanol–water partition coefficient (Wildman–Crippen LogP) is 3.29. The van der Waals surface area contributed by atoms with Gasteiger partial charge in [-0.15, -0.1) is 0 Å². The Morgan fingerprint density at radius 2 is 2.24 bits per heavy atom. The lowest BCUT2D eigenvalue weighted by Gasteiger charge is -2.15. The number of hydrogen-bond donors (Lipinski definition) is 1. The van der Waals surface area contributed by atoms with Crippen LogP contribution >= 0.6 is 27.5 Å². The van der Waals surface area contributed by atoms with E-state index in [1.165, 1.54) is 18.4 Å². The maximum atomic E-state index is 6.04. The van der Waals surface area contributed by atoms with Gasteiger partial charge in [0.15, 0.2) is 0 Å². The van der Waals surface area contributed by atoms with Gasteiger partial charge in [0.1, 0.15) is 0 Å². The summed E-state index contributed by atoms with van der Waals surface area (Å²) in [6.07, 6.45) is 2.75. The molecule has 1 aromatic carbocycles. The second-order valence-corrected chi connectivity index (χ2v) is 5.90. The van der Waals surface area contributed by atoms with Crippen LogP contribution in [0.25, 0.3) is 0 Å². The van der Waals surface area contributed by atoms with E-state index in [0.29, 0.717) is 0 Å². The highest BCUT2D eigenvalue weighted by molar-refractivity contribution is 9.10. The lowest BCUT2D eigenvalue weighted by Crippen LogP contribution is -2.30. The highest BCUT2D eigenvalue weighted by Crippen LogP contribution is 2.25. The normalized spacial score (nSPS) is 15.5. The molecule has 2 rings (SSSR count). The SMILES string of the molecule is CN(CCNCc1ccc(Br)c(Cl)c1)C1CC1. The Hall–Kier alpha value is -0.0900. The predicted molar refractivity (Wildman–Crippen MR) is 76.5 cm³/mol. The molecule has 0 unspecified atom stereocenters. The van der Waals surface area contributed by atoms with Crippen molar-refractivity contribution in [2.45, 2.75) is 25.4 Å². The van der Waals surface area contributed by atoms with Crippen molar-refractivity contribution in [3.05, 3.63) is 33.3 Å². The third kappa shape index (κ3) is 4.25. The van der Waals surface area contributed by atoms with E-state index < -0.39 is 0 Å². The van der Waals surface area contributed by atoms with Crippen molar-refractivity contribution in [2.75, 3.05) is 20.1 Å². The Morgan fingerprint density at radius 3 is 2.88 bits per heavy atom. The lowest BCUT2D eigenvalue weighted by molar-refractivity contribution is 0.321. The van der Waals surface area contributed by atoms with Crippen molar-refractivity contribution in [1.82, 2.24) is 10.2 Å². The fourth-order valence-corrected chi connectivity index (χ4v) is 2.29. The summed E-state index contributed by atoms with van der Waals surface area (Å²) in [5, 5.41) is 4.22. The molecule has 0 radical (unpaired) electrons. The van der Waals surface area contributed by atoms with Gasteiger partial charge in [-0.25, -0.2) is 0 Å². The smallest absolute Gasteiger partial charge is 0.0551 e. The van der Waals surface area contributed by atoms with Crippen molar-refractivity contribution in [2.24, 2.45) is 0 Å². The highest BCUT2D eigenvalue weighted by Gasteiger charge is 2.25. The van der Waals surface area contributed by atoms with Crippen LogP contribution in [0.5, 0.6) is 0 Å². The zero-order chi connectivity index (χ0) is 12.3. The standard InChI is InChI=1S/C13H18BrClN2/c1-17(11-3-4-11)7-6-16-9-10-2-5-12(14)13(15)8-10/h2,5,8,11,16H,3-4,6-7,9H2,1H3. The van der Waals surface area contributed by atoms with Crippen LogP contribution < -0.4 is 5.32 Å². The molecule has 1 aliphatic rings. The Morgan fingerprint density at radius 1 is 1.47 bits per heavy atom. The topological polar surface area (TPSA) is 15.3 Å². The number of nitrogens with one attached hydrogen (secondary N) is 1. The van der Waals surface area contributed by atoms with Gasteiger partial charge in [-0.2, -0.15) is 0 Å². The van der Waals surface area contributed by atoms with Gasteiger partial charge >= 0.3 is 0 Å². The summed E-state index contributed by atoms with van der Waals surface area (Å²) >= 11 is 9.44. The minimum atomic E-state index is 0.777. The molecular formula is C13H18BrClN2. The minimum Gasteiger partial charge on any atom is -0.311 e. The maximum Gasteiger partial charge on any atom is 0.0551 e. The minimum absolute atomic E-state index is 0.777. The number of benzene rings is 1. The van der Waals surface area contributed by atoms with E-state index in [1.807, 2.05) is 12.1 Å². The molecule has 4 heteroatoms. The Balaban J connectivity index is 1.68. The summed E-state index contributed by atoms with van der Waals surface area (Å²) in [6.45, 7) is 3.03. The van der Waals surface area contributed by atoms with Gasteiger partial charge in [0.25, 0.3) is 0 Å². The molecule has 1 N–H and O–H groups in total. The van der Waals surface area contributed by atoms with Crippen molar-refractivity contribution in [1.29, 1.82) is 0 Å². The molecule has 2 nitrogen and oxygen atoms in total. The molecule has 1 aliphatic carbocycles. The summed E-state index contributed by atoms with van der Waals surface area (Å²) in [7, 11) is 2.20. The molecule has 0 amide bonds. The molecule has 94 valence electrons. The van der Waals surface area contributed by atoms with Gasteiger partial charge in [0.2, 0.25) is 0 Å². The van der Waals surface area contributed by atoms with E-state index >= 15 is 0 Å². The van der Waals surface area contributed by atoms with Gasteiger partial charge in [0.05, 0.1) is 5.02 Å². The summed E-state index contributed by atoms with van der Waals surface area (Å²) in [5.74, 6) is 0. The molecule has 0 heterocycles. The Labute approximate surface area is 116 Å². The molecule has 0 aromatic heterocycles. The van der Waals surface area contributed by atoms with Gasteiger partial charge in [0, 0.05) is 30.1 Å². The van der Waals surface area contributed by atoms with Crippen LogP contribution in [-0.4, -0.2) is 31.1 Å². The number of hydrogen-bond acceptors (Lipinski definition) is 2. The van der Waals surface area contributed by atoms with Crippen molar-refractivity contribution in [3.8, 4) is 0 Å². The Kier molecular flexibility index (Phi) is 4.86. The first kappa shape index (κ1) is 13.3. The van der Waals surface area contributed by atoms with Crippen LogP contribution in [0.4, 0.5) is 0 Å². The average Bonchev–Trinajstić information content (AvgIpc) is 3.13. The molecule has 1 aromatic rings. The molecule has 0 bridgehead atoms. The number of rotatable bonds is 6. The molecule has 1 fully saturated rings. The summed E-state index contributed by atoms with van der Waals surface area (Å²) in [5.41, 5.74) is 1.23. The quantitative estimate of drug-likeness (QED) is 0.810. The lowest BCUT2D eigenvalue weighted by atomic mass is 10.2. The first-order valence-corrected chi connectivity index (χ1v) is 7.19. The van der Waals surface area contributed by atoms with Crippen LogP contribution in [-0.2, 0) is 6.54 Å². The van der Waals surface area contributed by atoms with Gasteiger partial charge in [-0.1, -0.05) is 17.7 Å². The number of nitrogens with zero attached hydrogens (tertiary/aromatic N) is 1. The molecule has 17 heavy (non-hydrogen) atoms. The highest BCUT2D eigenvalue weighted by atomic mass is 79.9. The van der Waals surface area contributed by atoms with Gasteiger partial charge in [-0.05, 0) is 53.5 Å². The van der Waals surface area contributed by atoms with Crippen LogP contribution in [0, 0.1) is 0 Å². The summed E-state index contributed by atoms with van der Waals surface area (Å²) in [6, 6.07) is 6.94. The van der Waals surface area contributed by atoms with E-state index in [0.717, 1.165) is 35.2 Å². The second-order valence-electron chi connectivity index (χ2n) is 4.64. The summed E-state index contributed by atoms with van der Waals surface area (Å²) in [4.78, 5) is 2.43. The first-order chi connectivity index (χ1) is 8.16. The first-order valence-electron chi connectivity index (χ1n) is 6.01. The molecule has 0 atom stereocenters. The van der Waals surface area contributed by atoms with Crippen molar-refractivity contribution < 1.29 is 0 Å². The van der Waals surface area contributed by atoms with E-state index in [2.05, 4.69) is 39.3 Å². The van der Waals surface area contributed by atoms with Crippen LogP contribution in [0.15, 0.2) is 22.7 Å². The third-order valence-electron chi connectivity index (χ3n) is 3.12. The summed E-state index contributed by atoms with van der Waals surface area (Å²) < 4.78 is 0.955.